The van der Waals surface area contributed by atoms with Crippen LogP contribution in [0.2, 0.25) is 0 Å². The summed E-state index contributed by atoms with van der Waals surface area (Å²) in [7, 11) is -6.00. The Balaban J connectivity index is 0. The van der Waals surface area contributed by atoms with Gasteiger partial charge in [0.25, 0.3) is 0 Å². The number of hydrogen-bond donors (Lipinski definition) is 0. The molecular formula is BF4Ir-. The third kappa shape index (κ3) is 277. The predicted molar refractivity (Wildman–Crippen MR) is 10.2 cm³/mol. The molecule has 0 aromatic carbocycles. The smallest absolute Gasteiger partial charge is 0.418 e. The van der Waals surface area contributed by atoms with Gasteiger partial charge in [0, 0.05) is 20.1 Å². The van der Waals surface area contributed by atoms with Crippen molar-refractivity contribution < 1.29 is 37.4 Å². The molecule has 6 heteroatoms. The molecule has 41 valence electrons. The van der Waals surface area contributed by atoms with E-state index < -0.39 is 7.25 Å². The normalized spacial score (nSPS) is 10.0. The first-order valence-corrected chi connectivity index (χ1v) is 0.873. The summed E-state index contributed by atoms with van der Waals surface area (Å²) in [5.74, 6) is 0. The van der Waals surface area contributed by atoms with E-state index in [4.69, 9.17) is 0 Å². The Labute approximate surface area is 45.4 Å². The third-order valence-corrected chi connectivity index (χ3v) is 0. The third-order valence-electron chi connectivity index (χ3n) is 0. The van der Waals surface area contributed by atoms with Crippen LogP contribution in [-0.4, -0.2) is 7.25 Å². The van der Waals surface area contributed by atoms with Gasteiger partial charge in [0.1, 0.15) is 0 Å². The van der Waals surface area contributed by atoms with Crippen LogP contribution in [0.5, 0.6) is 0 Å². The molecule has 0 aliphatic rings. The number of rotatable bonds is 0. The van der Waals surface area contributed by atoms with E-state index in [-0.39, 0.29) is 20.1 Å². The van der Waals surface area contributed by atoms with E-state index in [1.165, 1.54) is 0 Å². The molecule has 0 spiro atoms. The molecule has 0 bridgehead atoms. The van der Waals surface area contributed by atoms with Gasteiger partial charge in [-0.25, -0.2) is 0 Å². The van der Waals surface area contributed by atoms with E-state index >= 15 is 0 Å². The Hall–Kier alpha value is 0.434. The van der Waals surface area contributed by atoms with Crippen molar-refractivity contribution in [3.05, 3.63) is 0 Å². The topological polar surface area (TPSA) is 0 Å². The molecule has 0 rings (SSSR count). The zero-order valence-electron chi connectivity index (χ0n) is 2.42. The minimum Gasteiger partial charge on any atom is -0.418 e. The second kappa shape index (κ2) is 2.58. The molecule has 0 fully saturated rings. The molecule has 0 heterocycles. The first kappa shape index (κ1) is 9.66. The molecule has 0 N–H and O–H groups in total. The minimum absolute atomic E-state index is 0. The maximum absolute atomic E-state index is 9.75. The van der Waals surface area contributed by atoms with Crippen LogP contribution < -0.4 is 0 Å². The van der Waals surface area contributed by atoms with Crippen LogP contribution in [0.15, 0.2) is 0 Å². The van der Waals surface area contributed by atoms with Crippen molar-refractivity contribution in [2.24, 2.45) is 0 Å². The van der Waals surface area contributed by atoms with Gasteiger partial charge in [-0.1, -0.05) is 0 Å². The molecule has 0 saturated heterocycles. The molecule has 6 heavy (non-hydrogen) atoms. The fourth-order valence-corrected chi connectivity index (χ4v) is 0. The molecule has 0 atom stereocenters. The monoisotopic (exact) mass is 280 g/mol. The largest absolute Gasteiger partial charge is 0.673 e. The summed E-state index contributed by atoms with van der Waals surface area (Å²) in [5.41, 5.74) is 0. The first-order chi connectivity index (χ1) is 2.00. The second-order valence-electron chi connectivity index (χ2n) is 0.495. The molecule has 0 aromatic rings. The van der Waals surface area contributed by atoms with Gasteiger partial charge in [-0.05, 0) is 0 Å². The van der Waals surface area contributed by atoms with Gasteiger partial charge in [0.15, 0.2) is 0 Å². The first-order valence-electron chi connectivity index (χ1n) is 0.873. The summed E-state index contributed by atoms with van der Waals surface area (Å²) < 4.78 is 39.0. The van der Waals surface area contributed by atoms with Crippen LogP contribution in [0.1, 0.15) is 0 Å². The van der Waals surface area contributed by atoms with Gasteiger partial charge in [-0.15, -0.1) is 0 Å². The van der Waals surface area contributed by atoms with Crippen LogP contribution in [0.25, 0.3) is 0 Å². The zero-order valence-corrected chi connectivity index (χ0v) is 4.82. The molecule has 0 nitrogen and oxygen atoms in total. The maximum atomic E-state index is 9.75. The molecule has 1 radical (unpaired) electrons. The Bertz CT molecular complexity index is 23.0. The molecule has 0 amide bonds. The maximum Gasteiger partial charge on any atom is 0.673 e. The van der Waals surface area contributed by atoms with E-state index in [2.05, 4.69) is 0 Å². The number of hydrogen-bond acceptors (Lipinski definition) is 0. The summed E-state index contributed by atoms with van der Waals surface area (Å²) in [6.45, 7) is 0. The van der Waals surface area contributed by atoms with Gasteiger partial charge >= 0.3 is 7.25 Å². The molecule has 0 aliphatic heterocycles. The Kier molecular flexibility index (Phi) is 4.16. The average Bonchev–Trinajstić information content (AvgIpc) is 0.722. The van der Waals surface area contributed by atoms with E-state index in [1.807, 2.05) is 0 Å². The SMILES string of the molecule is F[B-](F)(F)F.[Ir]. The Morgan fingerprint density at radius 3 is 0.833 bits per heavy atom. The van der Waals surface area contributed by atoms with Gasteiger partial charge in [0.05, 0.1) is 0 Å². The summed E-state index contributed by atoms with van der Waals surface area (Å²) >= 11 is 0. The van der Waals surface area contributed by atoms with Crippen molar-refractivity contribution >= 4 is 7.25 Å². The summed E-state index contributed by atoms with van der Waals surface area (Å²) in [6, 6.07) is 0. The van der Waals surface area contributed by atoms with Crippen molar-refractivity contribution in [2.45, 2.75) is 0 Å². The van der Waals surface area contributed by atoms with E-state index in [0.29, 0.717) is 0 Å². The van der Waals surface area contributed by atoms with Crippen LogP contribution in [0.3, 0.4) is 0 Å². The Morgan fingerprint density at radius 1 is 0.833 bits per heavy atom. The summed E-state index contributed by atoms with van der Waals surface area (Å²) in [5, 5.41) is 0. The molecule has 0 saturated carbocycles. The van der Waals surface area contributed by atoms with Crippen LogP contribution in [0.4, 0.5) is 17.3 Å². The summed E-state index contributed by atoms with van der Waals surface area (Å²) in [6.07, 6.45) is 0. The van der Waals surface area contributed by atoms with Crippen LogP contribution in [0, 0.1) is 0 Å². The standard InChI is InChI=1S/BF4.Ir/c2-1(3,4)5;/q-1;. The zero-order chi connectivity index (χ0) is 4.50. The van der Waals surface area contributed by atoms with Gasteiger partial charge in [-0.2, -0.15) is 0 Å². The van der Waals surface area contributed by atoms with E-state index in [0.717, 1.165) is 0 Å². The van der Waals surface area contributed by atoms with Gasteiger partial charge < -0.3 is 17.3 Å². The summed E-state index contributed by atoms with van der Waals surface area (Å²) in [4.78, 5) is 0. The van der Waals surface area contributed by atoms with Crippen molar-refractivity contribution in [1.29, 1.82) is 0 Å². The van der Waals surface area contributed by atoms with Gasteiger partial charge in [-0.3, -0.25) is 0 Å². The number of halogens is 4. The fraction of sp³-hybridized carbons (Fsp3) is 0. The predicted octanol–water partition coefficient (Wildman–Crippen LogP) is 1.30. The molecule has 0 unspecified atom stereocenters. The van der Waals surface area contributed by atoms with Crippen molar-refractivity contribution in [3.63, 3.8) is 0 Å². The van der Waals surface area contributed by atoms with Crippen molar-refractivity contribution in [2.75, 3.05) is 0 Å². The molecule has 0 aliphatic carbocycles. The van der Waals surface area contributed by atoms with Crippen LogP contribution in [-0.2, 0) is 20.1 Å². The Morgan fingerprint density at radius 2 is 0.833 bits per heavy atom. The molecule has 0 aromatic heterocycles. The quantitative estimate of drug-likeness (QED) is 0.463. The van der Waals surface area contributed by atoms with E-state index in [9.17, 15) is 17.3 Å². The van der Waals surface area contributed by atoms with Crippen molar-refractivity contribution in [1.82, 2.24) is 0 Å². The second-order valence-corrected chi connectivity index (χ2v) is 0.495. The average molecular weight is 279 g/mol. The van der Waals surface area contributed by atoms with E-state index in [1.54, 1.807) is 0 Å². The van der Waals surface area contributed by atoms with Gasteiger partial charge in [0.2, 0.25) is 0 Å². The minimum atomic E-state index is -6.00. The molecular weight excluding hydrogens is 279 g/mol. The van der Waals surface area contributed by atoms with Crippen LogP contribution >= 0.6 is 0 Å². The fourth-order valence-electron chi connectivity index (χ4n) is 0. The van der Waals surface area contributed by atoms with Crippen molar-refractivity contribution in [3.8, 4) is 0 Å².